The van der Waals surface area contributed by atoms with E-state index in [1.54, 1.807) is 0 Å². The van der Waals surface area contributed by atoms with Crippen LogP contribution in [-0.4, -0.2) is 37.2 Å². The van der Waals surface area contributed by atoms with Gasteiger partial charge in [0.2, 0.25) is 0 Å². The van der Waals surface area contributed by atoms with Gasteiger partial charge in [-0.05, 0) is 19.3 Å². The van der Waals surface area contributed by atoms with E-state index in [1.807, 2.05) is 0 Å². The normalized spacial score (nSPS) is 11.9. The van der Waals surface area contributed by atoms with E-state index in [1.165, 1.54) is 257 Å². The highest BCUT2D eigenvalue weighted by molar-refractivity contribution is 5.71. The van der Waals surface area contributed by atoms with Gasteiger partial charge in [0.25, 0.3) is 0 Å². The van der Waals surface area contributed by atoms with Gasteiger partial charge in [0, 0.05) is 19.3 Å². The van der Waals surface area contributed by atoms with Gasteiger partial charge in [-0.1, -0.05) is 316 Å². The number of esters is 3. The minimum atomic E-state index is -0.761. The fourth-order valence-electron chi connectivity index (χ4n) is 9.51. The molecule has 67 heavy (non-hydrogen) atoms. The lowest BCUT2D eigenvalue weighted by Crippen LogP contribution is -2.30. The smallest absolute Gasteiger partial charge is 0.306 e. The van der Waals surface area contributed by atoms with E-state index < -0.39 is 6.10 Å². The van der Waals surface area contributed by atoms with Crippen LogP contribution in [0.2, 0.25) is 0 Å². The summed E-state index contributed by atoms with van der Waals surface area (Å²) in [7, 11) is 0. The third-order valence-corrected chi connectivity index (χ3v) is 14.1. The van der Waals surface area contributed by atoms with Gasteiger partial charge in [-0.15, -0.1) is 0 Å². The Morgan fingerprint density at radius 3 is 0.597 bits per heavy atom. The third-order valence-electron chi connectivity index (χ3n) is 14.1. The van der Waals surface area contributed by atoms with E-state index in [0.29, 0.717) is 19.3 Å². The molecule has 0 aliphatic carbocycles. The predicted molar refractivity (Wildman–Crippen MR) is 289 cm³/mol. The molecule has 6 heteroatoms. The number of ether oxygens (including phenoxy) is 3. The topological polar surface area (TPSA) is 78.9 Å². The maximum absolute atomic E-state index is 12.8. The monoisotopic (exact) mass is 947 g/mol. The molecule has 6 nitrogen and oxygen atoms in total. The van der Waals surface area contributed by atoms with Crippen molar-refractivity contribution < 1.29 is 28.6 Å². The van der Waals surface area contributed by atoms with E-state index in [9.17, 15) is 14.4 Å². The molecule has 1 atom stereocenters. The average Bonchev–Trinajstić information content (AvgIpc) is 3.33. The Balaban J connectivity index is 4.18. The minimum absolute atomic E-state index is 0.0610. The molecule has 0 N–H and O–H groups in total. The maximum atomic E-state index is 12.8. The van der Waals surface area contributed by atoms with Crippen molar-refractivity contribution in [1.29, 1.82) is 0 Å². The number of carbonyl (C=O) groups is 3. The van der Waals surface area contributed by atoms with Crippen molar-refractivity contribution in [3.8, 4) is 0 Å². The summed E-state index contributed by atoms with van der Waals surface area (Å²) in [6.45, 7) is 6.71. The lowest BCUT2D eigenvalue weighted by molar-refractivity contribution is -0.167. The largest absolute Gasteiger partial charge is 0.462 e. The zero-order valence-electron chi connectivity index (χ0n) is 45.7. The number of hydrogen-bond acceptors (Lipinski definition) is 6. The van der Waals surface area contributed by atoms with Gasteiger partial charge in [-0.3, -0.25) is 14.4 Å². The number of unbranched alkanes of at least 4 members (excludes halogenated alkanes) is 46. The molecule has 0 saturated carbocycles. The number of hydrogen-bond donors (Lipinski definition) is 0. The molecule has 0 radical (unpaired) electrons. The Hall–Kier alpha value is -1.59. The van der Waals surface area contributed by atoms with Crippen LogP contribution in [0.4, 0.5) is 0 Å². The molecule has 0 rings (SSSR count). The van der Waals surface area contributed by atoms with Crippen LogP contribution in [0.1, 0.15) is 355 Å². The second-order valence-corrected chi connectivity index (χ2v) is 21.0. The highest BCUT2D eigenvalue weighted by Gasteiger charge is 2.19. The molecule has 0 aromatic carbocycles. The summed E-state index contributed by atoms with van der Waals surface area (Å²) in [5.74, 6) is -0.831. The van der Waals surface area contributed by atoms with E-state index in [4.69, 9.17) is 14.2 Å². The standard InChI is InChI=1S/C61H118O6/c1-4-7-10-13-16-19-22-25-27-28-29-30-31-32-33-34-35-37-39-42-45-48-51-54-60(63)66-57-58(56-65-59(62)53-50-47-44-41-38-24-21-18-15-12-9-6-3)67-61(64)55-52-49-46-43-40-36-26-23-20-17-14-11-8-5-2/h58H,4-57H2,1-3H3. The van der Waals surface area contributed by atoms with E-state index >= 15 is 0 Å². The molecule has 1 unspecified atom stereocenters. The van der Waals surface area contributed by atoms with Gasteiger partial charge in [-0.25, -0.2) is 0 Å². The molecule has 0 fully saturated rings. The lowest BCUT2D eigenvalue weighted by atomic mass is 10.0. The Kier molecular flexibility index (Phi) is 55.6. The fourth-order valence-corrected chi connectivity index (χ4v) is 9.51. The van der Waals surface area contributed by atoms with Crippen LogP contribution in [0.15, 0.2) is 0 Å². The summed E-state index contributed by atoms with van der Waals surface area (Å²) in [5.41, 5.74) is 0. The summed E-state index contributed by atoms with van der Waals surface area (Å²) < 4.78 is 16.9. The maximum Gasteiger partial charge on any atom is 0.306 e. The van der Waals surface area contributed by atoms with Crippen LogP contribution in [0.3, 0.4) is 0 Å². The SMILES string of the molecule is CCCCCCCCCCCCCCCCCCCCCCCCCC(=O)OCC(COC(=O)CCCCCCCCCCCCCC)OC(=O)CCCCCCCCCCCCCCCC. The van der Waals surface area contributed by atoms with Crippen LogP contribution in [0, 0.1) is 0 Å². The van der Waals surface area contributed by atoms with Crippen LogP contribution in [0.25, 0.3) is 0 Å². The van der Waals surface area contributed by atoms with Gasteiger partial charge in [-0.2, -0.15) is 0 Å². The Morgan fingerprint density at radius 2 is 0.403 bits per heavy atom. The molecule has 0 aliphatic heterocycles. The van der Waals surface area contributed by atoms with E-state index in [-0.39, 0.29) is 31.1 Å². The minimum Gasteiger partial charge on any atom is -0.462 e. The molecule has 0 heterocycles. The molecule has 0 saturated heterocycles. The van der Waals surface area contributed by atoms with Crippen molar-refractivity contribution in [3.63, 3.8) is 0 Å². The highest BCUT2D eigenvalue weighted by Crippen LogP contribution is 2.18. The Morgan fingerprint density at radius 1 is 0.239 bits per heavy atom. The first-order chi connectivity index (χ1) is 33.0. The second kappa shape index (κ2) is 57.0. The van der Waals surface area contributed by atoms with E-state index in [2.05, 4.69) is 20.8 Å². The fraction of sp³-hybridized carbons (Fsp3) is 0.951. The van der Waals surface area contributed by atoms with Crippen LogP contribution < -0.4 is 0 Å². The molecule has 0 aromatic rings. The summed E-state index contributed by atoms with van der Waals surface area (Å²) >= 11 is 0. The highest BCUT2D eigenvalue weighted by atomic mass is 16.6. The molecular weight excluding hydrogens is 829 g/mol. The number of carbonyl (C=O) groups excluding carboxylic acids is 3. The Labute approximate surface area is 418 Å². The molecular formula is C61H118O6. The van der Waals surface area contributed by atoms with Crippen molar-refractivity contribution >= 4 is 17.9 Å². The van der Waals surface area contributed by atoms with Crippen LogP contribution in [0.5, 0.6) is 0 Å². The summed E-state index contributed by atoms with van der Waals surface area (Å²) in [4.78, 5) is 38.1. The lowest BCUT2D eigenvalue weighted by Gasteiger charge is -2.18. The predicted octanol–water partition coefficient (Wildman–Crippen LogP) is 20.3. The van der Waals surface area contributed by atoms with E-state index in [0.717, 1.165) is 57.8 Å². The van der Waals surface area contributed by atoms with Crippen LogP contribution >= 0.6 is 0 Å². The zero-order valence-corrected chi connectivity index (χ0v) is 45.7. The third kappa shape index (κ3) is 55.2. The van der Waals surface area contributed by atoms with Gasteiger partial charge in [0.1, 0.15) is 13.2 Å². The van der Waals surface area contributed by atoms with Crippen molar-refractivity contribution in [1.82, 2.24) is 0 Å². The van der Waals surface area contributed by atoms with Gasteiger partial charge in [0.15, 0.2) is 6.10 Å². The van der Waals surface area contributed by atoms with Gasteiger partial charge in [0.05, 0.1) is 0 Å². The first-order valence-electron chi connectivity index (χ1n) is 30.5. The van der Waals surface area contributed by atoms with Gasteiger partial charge >= 0.3 is 17.9 Å². The molecule has 0 aromatic heterocycles. The number of rotatable bonds is 57. The second-order valence-electron chi connectivity index (χ2n) is 21.0. The summed E-state index contributed by atoms with van der Waals surface area (Å²) in [6.07, 6.45) is 63.9. The molecule has 0 amide bonds. The van der Waals surface area contributed by atoms with Crippen molar-refractivity contribution in [2.24, 2.45) is 0 Å². The Bertz CT molecular complexity index is 998. The summed E-state index contributed by atoms with van der Waals surface area (Å²) in [6, 6.07) is 0. The van der Waals surface area contributed by atoms with Crippen molar-refractivity contribution in [2.75, 3.05) is 13.2 Å². The molecule has 398 valence electrons. The molecule has 0 aliphatic rings. The van der Waals surface area contributed by atoms with Crippen LogP contribution in [-0.2, 0) is 28.6 Å². The molecule has 0 spiro atoms. The summed E-state index contributed by atoms with van der Waals surface area (Å²) in [5, 5.41) is 0. The first-order valence-corrected chi connectivity index (χ1v) is 30.5. The molecule has 0 bridgehead atoms. The zero-order chi connectivity index (χ0) is 48.6. The quantitative estimate of drug-likeness (QED) is 0.0343. The van der Waals surface area contributed by atoms with Crippen molar-refractivity contribution in [2.45, 2.75) is 361 Å². The van der Waals surface area contributed by atoms with Gasteiger partial charge < -0.3 is 14.2 Å². The average molecular weight is 948 g/mol. The van der Waals surface area contributed by atoms with Crippen molar-refractivity contribution in [3.05, 3.63) is 0 Å². The first kappa shape index (κ1) is 65.4.